The number of benzene rings is 1. The van der Waals surface area contributed by atoms with Crippen LogP contribution in [0.5, 0.6) is 0 Å². The van der Waals surface area contributed by atoms with Gasteiger partial charge in [0.1, 0.15) is 0 Å². The van der Waals surface area contributed by atoms with Crippen LogP contribution in [-0.4, -0.2) is 12.5 Å². The predicted molar refractivity (Wildman–Crippen MR) is 63.1 cm³/mol. The van der Waals surface area contributed by atoms with Crippen molar-refractivity contribution in [2.45, 2.75) is 25.9 Å². The monoisotopic (exact) mass is 260 g/mol. The summed E-state index contributed by atoms with van der Waals surface area (Å²) in [6.07, 6.45) is -2.87. The maximum Gasteiger partial charge on any atom is 0.418 e. The second-order valence-corrected chi connectivity index (χ2v) is 3.91. The van der Waals surface area contributed by atoms with E-state index in [1.54, 1.807) is 0 Å². The van der Waals surface area contributed by atoms with Gasteiger partial charge in [0.2, 0.25) is 0 Å². The Bertz CT molecular complexity index is 430. The minimum absolute atomic E-state index is 0.0346. The van der Waals surface area contributed by atoms with Crippen LogP contribution < -0.4 is 11.1 Å². The second-order valence-electron chi connectivity index (χ2n) is 3.91. The Morgan fingerprint density at radius 3 is 2.61 bits per heavy atom. The van der Waals surface area contributed by atoms with Crippen molar-refractivity contribution in [1.82, 2.24) is 5.32 Å². The molecule has 1 aromatic rings. The van der Waals surface area contributed by atoms with Gasteiger partial charge in [-0.1, -0.05) is 13.3 Å². The van der Waals surface area contributed by atoms with Crippen molar-refractivity contribution in [2.24, 2.45) is 0 Å². The summed E-state index contributed by atoms with van der Waals surface area (Å²) >= 11 is 0. The van der Waals surface area contributed by atoms with Gasteiger partial charge in [-0.05, 0) is 24.6 Å². The average Bonchev–Trinajstić information content (AvgIpc) is 2.28. The summed E-state index contributed by atoms with van der Waals surface area (Å²) in [6.45, 7) is 2.40. The van der Waals surface area contributed by atoms with E-state index in [9.17, 15) is 18.0 Å². The molecule has 0 aliphatic carbocycles. The quantitative estimate of drug-likeness (QED) is 0.646. The number of unbranched alkanes of at least 4 members (excludes halogenated alkanes) is 1. The molecule has 1 amide bonds. The van der Waals surface area contributed by atoms with Crippen LogP contribution in [0.4, 0.5) is 18.9 Å². The number of rotatable bonds is 4. The highest BCUT2D eigenvalue weighted by Gasteiger charge is 2.33. The van der Waals surface area contributed by atoms with Gasteiger partial charge in [-0.2, -0.15) is 13.2 Å². The molecule has 3 nitrogen and oxygen atoms in total. The fourth-order valence-electron chi connectivity index (χ4n) is 1.42. The lowest BCUT2D eigenvalue weighted by molar-refractivity contribution is -0.136. The number of alkyl halides is 3. The summed E-state index contributed by atoms with van der Waals surface area (Å²) in [5, 5.41) is 2.55. The zero-order chi connectivity index (χ0) is 13.8. The van der Waals surface area contributed by atoms with Gasteiger partial charge in [-0.25, -0.2) is 0 Å². The van der Waals surface area contributed by atoms with Gasteiger partial charge in [0.25, 0.3) is 5.91 Å². The zero-order valence-corrected chi connectivity index (χ0v) is 9.97. The number of nitrogens with one attached hydrogen (secondary N) is 1. The van der Waals surface area contributed by atoms with Crippen LogP contribution in [0.15, 0.2) is 18.2 Å². The molecule has 0 fully saturated rings. The fraction of sp³-hybridized carbons (Fsp3) is 0.417. The third kappa shape index (κ3) is 3.65. The molecular formula is C12H15F3N2O. The molecule has 1 rings (SSSR count). The molecule has 0 unspecified atom stereocenters. The highest BCUT2D eigenvalue weighted by Crippen LogP contribution is 2.33. The highest BCUT2D eigenvalue weighted by atomic mass is 19.4. The molecular weight excluding hydrogens is 245 g/mol. The van der Waals surface area contributed by atoms with Crippen LogP contribution >= 0.6 is 0 Å². The number of anilines is 1. The first-order valence-electron chi connectivity index (χ1n) is 5.61. The minimum atomic E-state index is -4.55. The molecule has 0 aromatic heterocycles. The van der Waals surface area contributed by atoms with Crippen LogP contribution in [0, 0.1) is 0 Å². The molecule has 100 valence electrons. The number of halogens is 3. The number of hydrogen-bond donors (Lipinski definition) is 2. The third-order valence-electron chi connectivity index (χ3n) is 2.44. The molecule has 0 saturated heterocycles. The van der Waals surface area contributed by atoms with E-state index < -0.39 is 17.6 Å². The first kappa shape index (κ1) is 14.3. The number of hydrogen-bond acceptors (Lipinski definition) is 2. The maximum atomic E-state index is 12.6. The summed E-state index contributed by atoms with van der Waals surface area (Å²) in [5.41, 5.74) is 3.85. The summed E-state index contributed by atoms with van der Waals surface area (Å²) in [4.78, 5) is 11.6. The van der Waals surface area contributed by atoms with Gasteiger partial charge in [0.15, 0.2) is 0 Å². The maximum absolute atomic E-state index is 12.6. The molecule has 0 spiro atoms. The Morgan fingerprint density at radius 1 is 1.39 bits per heavy atom. The van der Waals surface area contributed by atoms with Crippen molar-refractivity contribution in [2.75, 3.05) is 12.3 Å². The molecule has 0 heterocycles. The number of nitrogen functional groups attached to an aromatic ring is 1. The fourth-order valence-corrected chi connectivity index (χ4v) is 1.42. The second kappa shape index (κ2) is 5.75. The number of amides is 1. The Morgan fingerprint density at radius 2 is 2.06 bits per heavy atom. The zero-order valence-electron chi connectivity index (χ0n) is 9.97. The molecule has 0 bridgehead atoms. The predicted octanol–water partition coefficient (Wildman–Crippen LogP) is 2.82. The molecule has 0 saturated carbocycles. The minimum Gasteiger partial charge on any atom is -0.398 e. The van der Waals surface area contributed by atoms with Gasteiger partial charge in [-0.3, -0.25) is 4.79 Å². The van der Waals surface area contributed by atoms with E-state index >= 15 is 0 Å². The first-order valence-corrected chi connectivity index (χ1v) is 5.61. The highest BCUT2D eigenvalue weighted by molar-refractivity contribution is 5.94. The Balaban J connectivity index is 2.88. The molecule has 6 heteroatoms. The van der Waals surface area contributed by atoms with E-state index in [0.29, 0.717) is 6.54 Å². The lowest BCUT2D eigenvalue weighted by Gasteiger charge is -2.11. The summed E-state index contributed by atoms with van der Waals surface area (Å²) < 4.78 is 37.8. The lowest BCUT2D eigenvalue weighted by Crippen LogP contribution is -2.25. The lowest BCUT2D eigenvalue weighted by atomic mass is 10.1. The van der Waals surface area contributed by atoms with Gasteiger partial charge in [0, 0.05) is 17.8 Å². The summed E-state index contributed by atoms with van der Waals surface area (Å²) in [6, 6.07) is 3.15. The smallest absolute Gasteiger partial charge is 0.398 e. The molecule has 0 atom stereocenters. The van der Waals surface area contributed by atoms with Crippen molar-refractivity contribution >= 4 is 11.6 Å². The van der Waals surface area contributed by atoms with Crippen molar-refractivity contribution < 1.29 is 18.0 Å². The van der Waals surface area contributed by atoms with Crippen LogP contribution in [0.3, 0.4) is 0 Å². The van der Waals surface area contributed by atoms with Crippen molar-refractivity contribution in [3.05, 3.63) is 29.3 Å². The van der Waals surface area contributed by atoms with E-state index in [0.717, 1.165) is 25.0 Å². The van der Waals surface area contributed by atoms with E-state index in [4.69, 9.17) is 5.73 Å². The number of nitrogens with two attached hydrogens (primary N) is 1. The average molecular weight is 260 g/mol. The summed E-state index contributed by atoms with van der Waals surface area (Å²) in [5.74, 6) is -0.519. The van der Waals surface area contributed by atoms with Crippen LogP contribution in [0.1, 0.15) is 35.7 Å². The van der Waals surface area contributed by atoms with E-state index in [1.807, 2.05) is 6.92 Å². The Hall–Kier alpha value is -1.72. The van der Waals surface area contributed by atoms with Crippen LogP contribution in [0.25, 0.3) is 0 Å². The van der Waals surface area contributed by atoms with E-state index in [-0.39, 0.29) is 11.3 Å². The normalized spacial score (nSPS) is 11.3. The standard InChI is InChI=1S/C12H15F3N2O/c1-2-3-6-17-11(18)8-4-5-10(16)9(7-8)12(13,14)15/h4-5,7H,2-3,6,16H2,1H3,(H,17,18). The largest absolute Gasteiger partial charge is 0.418 e. The molecule has 0 aliphatic heterocycles. The molecule has 3 N–H and O–H groups in total. The van der Waals surface area contributed by atoms with Crippen molar-refractivity contribution in [3.8, 4) is 0 Å². The van der Waals surface area contributed by atoms with Crippen molar-refractivity contribution in [1.29, 1.82) is 0 Å². The first-order chi connectivity index (χ1) is 8.36. The molecule has 18 heavy (non-hydrogen) atoms. The Kier molecular flexibility index (Phi) is 4.58. The van der Waals surface area contributed by atoms with Crippen molar-refractivity contribution in [3.63, 3.8) is 0 Å². The molecule has 0 aliphatic rings. The summed E-state index contributed by atoms with van der Waals surface area (Å²) in [7, 11) is 0. The van der Waals surface area contributed by atoms with Crippen LogP contribution in [0.2, 0.25) is 0 Å². The van der Waals surface area contributed by atoms with Gasteiger partial charge < -0.3 is 11.1 Å². The number of carbonyl (C=O) groups is 1. The van der Waals surface area contributed by atoms with Gasteiger partial charge in [-0.15, -0.1) is 0 Å². The number of carbonyl (C=O) groups excluding carboxylic acids is 1. The van der Waals surface area contributed by atoms with E-state index in [2.05, 4.69) is 5.32 Å². The van der Waals surface area contributed by atoms with E-state index in [1.165, 1.54) is 6.07 Å². The topological polar surface area (TPSA) is 55.1 Å². The van der Waals surface area contributed by atoms with Gasteiger partial charge in [0.05, 0.1) is 5.56 Å². The third-order valence-corrected chi connectivity index (χ3v) is 2.44. The molecule has 1 aromatic carbocycles. The SMILES string of the molecule is CCCCNC(=O)c1ccc(N)c(C(F)(F)F)c1. The molecule has 0 radical (unpaired) electrons. The Labute approximate surface area is 103 Å². The van der Waals surface area contributed by atoms with Gasteiger partial charge >= 0.3 is 6.18 Å². The van der Waals surface area contributed by atoms with Crippen LogP contribution in [-0.2, 0) is 6.18 Å².